The zero-order chi connectivity index (χ0) is 9.68. The van der Waals surface area contributed by atoms with Crippen molar-refractivity contribution < 1.29 is 5.11 Å². The van der Waals surface area contributed by atoms with Crippen LogP contribution in [0, 0.1) is 0 Å². The number of hydrogen-bond donors (Lipinski definition) is 2. The molecule has 1 fully saturated rings. The molecule has 1 rings (SSSR count). The third kappa shape index (κ3) is 3.25. The van der Waals surface area contributed by atoms with Crippen molar-refractivity contribution in [1.29, 1.82) is 0 Å². The predicted molar refractivity (Wildman–Crippen MR) is 54.8 cm³/mol. The van der Waals surface area contributed by atoms with Gasteiger partial charge in [0.15, 0.2) is 0 Å². The Morgan fingerprint density at radius 2 is 2.23 bits per heavy atom. The van der Waals surface area contributed by atoms with Gasteiger partial charge in [-0.3, -0.25) is 0 Å². The molecule has 0 aromatic heterocycles. The van der Waals surface area contributed by atoms with E-state index >= 15 is 0 Å². The number of aliphatic hydroxyl groups excluding tert-OH is 1. The molecule has 0 aromatic rings. The number of aliphatic hydroxyl groups is 1. The Morgan fingerprint density at radius 3 is 2.62 bits per heavy atom. The highest BCUT2D eigenvalue weighted by Gasteiger charge is 2.23. The largest absolute Gasteiger partial charge is 0.396 e. The van der Waals surface area contributed by atoms with Gasteiger partial charge < -0.3 is 15.3 Å². The van der Waals surface area contributed by atoms with Crippen LogP contribution in [0.3, 0.4) is 0 Å². The van der Waals surface area contributed by atoms with Crippen LogP contribution in [0.2, 0.25) is 0 Å². The Balaban J connectivity index is 2.18. The molecule has 0 saturated heterocycles. The van der Waals surface area contributed by atoms with Crippen LogP contribution in [0.1, 0.15) is 25.7 Å². The van der Waals surface area contributed by atoms with E-state index in [0.717, 1.165) is 19.0 Å². The van der Waals surface area contributed by atoms with E-state index in [1.807, 2.05) is 7.05 Å². The minimum absolute atomic E-state index is 0.282. The number of nitrogens with zero attached hydrogens (tertiary/aromatic N) is 1. The molecule has 78 valence electrons. The van der Waals surface area contributed by atoms with E-state index in [0.29, 0.717) is 6.04 Å². The normalized spacial score (nSPS) is 20.3. The van der Waals surface area contributed by atoms with E-state index in [2.05, 4.69) is 17.3 Å². The van der Waals surface area contributed by atoms with E-state index in [-0.39, 0.29) is 6.61 Å². The highest BCUT2D eigenvalue weighted by molar-refractivity contribution is 4.80. The molecule has 13 heavy (non-hydrogen) atoms. The monoisotopic (exact) mass is 186 g/mol. The summed E-state index contributed by atoms with van der Waals surface area (Å²) in [6.45, 7) is 1.34. The predicted octanol–water partition coefficient (Wildman–Crippen LogP) is 0.441. The van der Waals surface area contributed by atoms with Crippen molar-refractivity contribution in [3.63, 3.8) is 0 Å². The molecule has 1 saturated carbocycles. The molecule has 1 unspecified atom stereocenters. The molecular formula is C10H22N2O. The third-order valence-electron chi connectivity index (χ3n) is 3.09. The fourth-order valence-corrected chi connectivity index (χ4v) is 1.81. The maximum Gasteiger partial charge on any atom is 0.0446 e. The van der Waals surface area contributed by atoms with Gasteiger partial charge >= 0.3 is 0 Å². The van der Waals surface area contributed by atoms with Crippen LogP contribution in [0.4, 0.5) is 0 Å². The van der Waals surface area contributed by atoms with Crippen LogP contribution >= 0.6 is 0 Å². The summed E-state index contributed by atoms with van der Waals surface area (Å²) in [6.07, 6.45) is 4.95. The average Bonchev–Trinajstić information content (AvgIpc) is 2.00. The molecular weight excluding hydrogens is 164 g/mol. The van der Waals surface area contributed by atoms with Gasteiger partial charge in [0.25, 0.3) is 0 Å². The second kappa shape index (κ2) is 5.58. The second-order valence-corrected chi connectivity index (χ2v) is 4.02. The molecule has 0 aromatic carbocycles. The zero-order valence-corrected chi connectivity index (χ0v) is 8.79. The summed E-state index contributed by atoms with van der Waals surface area (Å²) in [5.74, 6) is 0. The molecule has 1 aliphatic rings. The summed E-state index contributed by atoms with van der Waals surface area (Å²) in [7, 11) is 4.15. The maximum atomic E-state index is 8.83. The van der Waals surface area contributed by atoms with Crippen LogP contribution < -0.4 is 5.32 Å². The lowest BCUT2D eigenvalue weighted by Gasteiger charge is -2.36. The molecule has 0 bridgehead atoms. The Morgan fingerprint density at radius 1 is 1.54 bits per heavy atom. The zero-order valence-electron chi connectivity index (χ0n) is 8.79. The minimum Gasteiger partial charge on any atom is -0.396 e. The van der Waals surface area contributed by atoms with Crippen LogP contribution in [0.15, 0.2) is 0 Å². The molecule has 1 atom stereocenters. The molecule has 0 spiro atoms. The summed E-state index contributed by atoms with van der Waals surface area (Å²) >= 11 is 0. The third-order valence-corrected chi connectivity index (χ3v) is 3.09. The molecule has 1 aliphatic carbocycles. The lowest BCUT2D eigenvalue weighted by Crippen LogP contribution is -2.45. The topological polar surface area (TPSA) is 35.5 Å². The molecule has 3 heteroatoms. The Bertz CT molecular complexity index is 137. The molecule has 0 aliphatic heterocycles. The first-order valence-electron chi connectivity index (χ1n) is 5.26. The van der Waals surface area contributed by atoms with Gasteiger partial charge in [0, 0.05) is 25.2 Å². The first kappa shape index (κ1) is 11.0. The quantitative estimate of drug-likeness (QED) is 0.632. The summed E-state index contributed by atoms with van der Waals surface area (Å²) in [5, 5.41) is 12.1. The fourth-order valence-electron chi connectivity index (χ4n) is 1.81. The maximum absolute atomic E-state index is 8.83. The SMILES string of the molecule is CNC(CCO)CN(C)C1CCC1. The van der Waals surface area contributed by atoms with E-state index in [1.54, 1.807) is 0 Å². The highest BCUT2D eigenvalue weighted by atomic mass is 16.3. The Hall–Kier alpha value is -0.120. The second-order valence-electron chi connectivity index (χ2n) is 4.02. The van der Waals surface area contributed by atoms with E-state index in [1.165, 1.54) is 19.3 Å². The minimum atomic E-state index is 0.282. The first-order valence-corrected chi connectivity index (χ1v) is 5.26. The first-order chi connectivity index (χ1) is 6.27. The number of likely N-dealkylation sites (N-methyl/N-ethyl adjacent to an activating group) is 2. The highest BCUT2D eigenvalue weighted by Crippen LogP contribution is 2.23. The van der Waals surface area contributed by atoms with Crippen molar-refractivity contribution in [2.24, 2.45) is 0 Å². The van der Waals surface area contributed by atoms with E-state index in [9.17, 15) is 0 Å². The van der Waals surface area contributed by atoms with Gasteiger partial charge in [-0.25, -0.2) is 0 Å². The average molecular weight is 186 g/mol. The molecule has 0 heterocycles. The molecule has 2 N–H and O–H groups in total. The van der Waals surface area contributed by atoms with E-state index in [4.69, 9.17) is 5.11 Å². The number of nitrogens with one attached hydrogen (secondary N) is 1. The van der Waals surface area contributed by atoms with Gasteiger partial charge in [-0.05, 0) is 33.4 Å². The van der Waals surface area contributed by atoms with Crippen LogP contribution in [-0.2, 0) is 0 Å². The fraction of sp³-hybridized carbons (Fsp3) is 1.00. The van der Waals surface area contributed by atoms with Crippen molar-refractivity contribution in [3.05, 3.63) is 0 Å². The Labute approximate surface area is 81.1 Å². The van der Waals surface area contributed by atoms with Gasteiger partial charge in [0.05, 0.1) is 0 Å². The van der Waals surface area contributed by atoms with Gasteiger partial charge in [-0.1, -0.05) is 6.42 Å². The van der Waals surface area contributed by atoms with Crippen LogP contribution in [-0.4, -0.2) is 49.3 Å². The van der Waals surface area contributed by atoms with Crippen molar-refractivity contribution >= 4 is 0 Å². The summed E-state index contributed by atoms with van der Waals surface area (Å²) in [4.78, 5) is 2.42. The van der Waals surface area contributed by atoms with Crippen molar-refractivity contribution in [1.82, 2.24) is 10.2 Å². The standard InChI is InChI=1S/C10H22N2O/c1-11-9(6-7-13)8-12(2)10-4-3-5-10/h9-11,13H,3-8H2,1-2H3. The van der Waals surface area contributed by atoms with Crippen LogP contribution in [0.5, 0.6) is 0 Å². The summed E-state index contributed by atoms with van der Waals surface area (Å²) in [5.41, 5.74) is 0. The molecule has 0 amide bonds. The smallest absolute Gasteiger partial charge is 0.0446 e. The molecule has 3 nitrogen and oxygen atoms in total. The van der Waals surface area contributed by atoms with Gasteiger partial charge in [-0.15, -0.1) is 0 Å². The number of rotatable bonds is 6. The van der Waals surface area contributed by atoms with Crippen LogP contribution in [0.25, 0.3) is 0 Å². The summed E-state index contributed by atoms with van der Waals surface area (Å²) in [6, 6.07) is 1.24. The lowest BCUT2D eigenvalue weighted by atomic mass is 9.91. The van der Waals surface area contributed by atoms with Crippen molar-refractivity contribution in [2.45, 2.75) is 37.8 Å². The molecule has 0 radical (unpaired) electrons. The lowest BCUT2D eigenvalue weighted by molar-refractivity contribution is 0.138. The summed E-state index contributed by atoms with van der Waals surface area (Å²) < 4.78 is 0. The number of hydrogen-bond acceptors (Lipinski definition) is 3. The van der Waals surface area contributed by atoms with E-state index < -0.39 is 0 Å². The van der Waals surface area contributed by atoms with Crippen molar-refractivity contribution in [2.75, 3.05) is 27.2 Å². The van der Waals surface area contributed by atoms with Gasteiger partial charge in [-0.2, -0.15) is 0 Å². The van der Waals surface area contributed by atoms with Crippen molar-refractivity contribution in [3.8, 4) is 0 Å². The van der Waals surface area contributed by atoms with Gasteiger partial charge in [0.2, 0.25) is 0 Å². The van der Waals surface area contributed by atoms with Gasteiger partial charge in [0.1, 0.15) is 0 Å². The Kier molecular flexibility index (Phi) is 4.70.